The van der Waals surface area contributed by atoms with Gasteiger partial charge in [-0.25, -0.2) is 0 Å². The molecule has 0 N–H and O–H groups in total. The lowest BCUT2D eigenvalue weighted by molar-refractivity contribution is 0.171. The molecule has 3 rings (SSSR count). The molecular formula is C17H17O2S+. The van der Waals surface area contributed by atoms with Crippen molar-refractivity contribution in [2.75, 3.05) is 19.1 Å². The minimum absolute atomic E-state index is 0.105. The zero-order valence-electron chi connectivity index (χ0n) is 11.6. The monoisotopic (exact) mass is 285 g/mol. The molecule has 0 amide bonds. The minimum atomic E-state index is -0.337. The van der Waals surface area contributed by atoms with Crippen molar-refractivity contribution < 1.29 is 9.53 Å². The number of carbonyl (C=O) groups excluding carboxylic acids is 1. The summed E-state index contributed by atoms with van der Waals surface area (Å²) in [6.45, 7) is 0.429. The van der Waals surface area contributed by atoms with Crippen molar-refractivity contribution in [3.8, 4) is 11.1 Å². The number of benzene rings is 2. The molecule has 0 radical (unpaired) electrons. The van der Waals surface area contributed by atoms with Crippen LogP contribution in [0.2, 0.25) is 0 Å². The molecule has 0 atom stereocenters. The predicted molar refractivity (Wildman–Crippen MR) is 84.3 cm³/mol. The average Bonchev–Trinajstić information content (AvgIpc) is 2.79. The average molecular weight is 285 g/mol. The van der Waals surface area contributed by atoms with Crippen LogP contribution in [0.3, 0.4) is 0 Å². The summed E-state index contributed by atoms with van der Waals surface area (Å²) in [7, 11) is -0.337. The van der Waals surface area contributed by atoms with Crippen molar-refractivity contribution >= 4 is 16.2 Å². The molecule has 0 saturated carbocycles. The number of hydrogen-bond acceptors (Lipinski definition) is 2. The number of fused-ring (bicyclic) bond motifs is 3. The fourth-order valence-electron chi connectivity index (χ4n) is 2.71. The third-order valence-electron chi connectivity index (χ3n) is 3.66. The molecule has 2 nitrogen and oxygen atoms in total. The van der Waals surface area contributed by atoms with E-state index >= 15 is 0 Å². The van der Waals surface area contributed by atoms with Gasteiger partial charge >= 0.3 is 5.30 Å². The first-order valence-electron chi connectivity index (χ1n) is 6.61. The van der Waals surface area contributed by atoms with E-state index in [0.717, 1.165) is 0 Å². The van der Waals surface area contributed by atoms with Crippen molar-refractivity contribution in [2.24, 2.45) is 0 Å². The molecular weight excluding hydrogens is 268 g/mol. The second-order valence-electron chi connectivity index (χ2n) is 5.10. The molecule has 0 aliphatic heterocycles. The van der Waals surface area contributed by atoms with Crippen LogP contribution < -0.4 is 0 Å². The van der Waals surface area contributed by atoms with Crippen molar-refractivity contribution in [3.63, 3.8) is 0 Å². The number of ether oxygens (including phenoxy) is 1. The van der Waals surface area contributed by atoms with Crippen molar-refractivity contribution in [3.05, 3.63) is 59.7 Å². The highest BCUT2D eigenvalue weighted by molar-refractivity contribution is 8.09. The Balaban J connectivity index is 1.93. The Morgan fingerprint density at radius 1 is 1.00 bits per heavy atom. The Hall–Kier alpha value is -1.74. The number of hydrogen-bond donors (Lipinski definition) is 0. The van der Waals surface area contributed by atoms with Crippen LogP contribution in [0.4, 0.5) is 4.79 Å². The first-order chi connectivity index (χ1) is 9.68. The van der Waals surface area contributed by atoms with E-state index in [0.29, 0.717) is 6.61 Å². The van der Waals surface area contributed by atoms with E-state index in [1.165, 1.54) is 22.3 Å². The Morgan fingerprint density at radius 3 is 2.00 bits per heavy atom. The lowest BCUT2D eigenvalue weighted by Gasteiger charge is -2.12. The van der Waals surface area contributed by atoms with Crippen molar-refractivity contribution in [2.45, 2.75) is 5.92 Å². The standard InChI is InChI=1S/C17H17O2S/c1-20(2)17(18)19-11-16-14-9-5-3-7-12(14)13-8-4-6-10-15(13)16/h3-10,16H,11H2,1-2H3/q+1. The van der Waals surface area contributed by atoms with Gasteiger partial charge in [-0.15, -0.1) is 0 Å². The second-order valence-corrected chi connectivity index (χ2v) is 7.07. The summed E-state index contributed by atoms with van der Waals surface area (Å²) in [4.78, 5) is 11.7. The van der Waals surface area contributed by atoms with Gasteiger partial charge in [0.25, 0.3) is 0 Å². The molecule has 102 valence electrons. The van der Waals surface area contributed by atoms with Crippen LogP contribution >= 0.6 is 0 Å². The first-order valence-corrected chi connectivity index (χ1v) is 8.65. The van der Waals surface area contributed by atoms with E-state index in [9.17, 15) is 4.79 Å². The van der Waals surface area contributed by atoms with Crippen molar-refractivity contribution in [1.82, 2.24) is 0 Å². The van der Waals surface area contributed by atoms with Gasteiger partial charge in [-0.1, -0.05) is 48.5 Å². The first kappa shape index (κ1) is 13.3. The largest absolute Gasteiger partial charge is 0.524 e. The van der Waals surface area contributed by atoms with Crippen molar-refractivity contribution in [1.29, 1.82) is 0 Å². The van der Waals surface area contributed by atoms with Gasteiger partial charge < -0.3 is 4.74 Å². The molecule has 0 saturated heterocycles. The molecule has 3 heteroatoms. The zero-order chi connectivity index (χ0) is 14.1. The third-order valence-corrected chi connectivity index (χ3v) is 4.45. The summed E-state index contributed by atoms with van der Waals surface area (Å²) in [6.07, 6.45) is 3.78. The van der Waals surface area contributed by atoms with E-state index in [1.54, 1.807) is 0 Å². The maximum Gasteiger partial charge on any atom is 0.524 e. The van der Waals surface area contributed by atoms with Gasteiger partial charge in [-0.2, -0.15) is 4.79 Å². The lowest BCUT2D eigenvalue weighted by Crippen LogP contribution is -2.17. The van der Waals surface area contributed by atoms with Gasteiger partial charge in [0.2, 0.25) is 0 Å². The Labute approximate surface area is 122 Å². The summed E-state index contributed by atoms with van der Waals surface area (Å²) < 4.78 is 5.47. The molecule has 2 aromatic carbocycles. The number of rotatable bonds is 2. The fourth-order valence-corrected chi connectivity index (χ4v) is 3.01. The maximum atomic E-state index is 11.7. The summed E-state index contributed by atoms with van der Waals surface area (Å²) >= 11 is 0. The SMILES string of the molecule is C[S+](C)C(=O)OCC1c2ccccc2-c2ccccc21. The van der Waals surface area contributed by atoms with Gasteiger partial charge in [0.1, 0.15) is 19.1 Å². The Bertz CT molecular complexity index is 603. The molecule has 1 aliphatic carbocycles. The highest BCUT2D eigenvalue weighted by atomic mass is 32.2. The highest BCUT2D eigenvalue weighted by Gasteiger charge is 2.30. The van der Waals surface area contributed by atoms with Gasteiger partial charge in [-0.3, -0.25) is 0 Å². The smallest absolute Gasteiger partial charge is 0.425 e. The lowest BCUT2D eigenvalue weighted by atomic mass is 9.98. The molecule has 0 spiro atoms. The molecule has 1 aliphatic rings. The number of carbonyl (C=O) groups is 1. The topological polar surface area (TPSA) is 26.3 Å². The molecule has 20 heavy (non-hydrogen) atoms. The summed E-state index contributed by atoms with van der Waals surface area (Å²) in [6, 6.07) is 16.7. The van der Waals surface area contributed by atoms with Crippen LogP contribution in [-0.2, 0) is 15.6 Å². The molecule has 0 bridgehead atoms. The quantitative estimate of drug-likeness (QED) is 0.619. The molecule has 0 fully saturated rings. The normalized spacial score (nSPS) is 13.2. The van der Waals surface area contributed by atoms with Crippen LogP contribution in [-0.4, -0.2) is 24.4 Å². The predicted octanol–water partition coefficient (Wildman–Crippen LogP) is 3.81. The van der Waals surface area contributed by atoms with E-state index in [2.05, 4.69) is 36.4 Å². The van der Waals surface area contributed by atoms with E-state index in [1.807, 2.05) is 24.6 Å². The fraction of sp³-hybridized carbons (Fsp3) is 0.235. The van der Waals surface area contributed by atoms with Crippen LogP contribution in [0.25, 0.3) is 11.1 Å². The summed E-state index contributed by atoms with van der Waals surface area (Å²) in [5.74, 6) is 0.162. The van der Waals surface area contributed by atoms with Gasteiger partial charge in [0, 0.05) is 5.92 Å². The second kappa shape index (κ2) is 5.33. The zero-order valence-corrected chi connectivity index (χ0v) is 12.4. The Morgan fingerprint density at radius 2 is 1.50 bits per heavy atom. The van der Waals surface area contributed by atoms with Crippen LogP contribution in [0.1, 0.15) is 17.0 Å². The summed E-state index contributed by atoms with van der Waals surface area (Å²) in [5.41, 5.74) is 5.04. The molecule has 0 heterocycles. The van der Waals surface area contributed by atoms with Crippen LogP contribution in [0, 0.1) is 0 Å². The van der Waals surface area contributed by atoms with E-state index in [-0.39, 0.29) is 22.1 Å². The van der Waals surface area contributed by atoms with Gasteiger partial charge in [0.05, 0.1) is 10.9 Å². The Kier molecular flexibility index (Phi) is 3.53. The highest BCUT2D eigenvalue weighted by Crippen LogP contribution is 2.44. The minimum Gasteiger partial charge on any atom is -0.425 e. The maximum absolute atomic E-state index is 11.7. The van der Waals surface area contributed by atoms with Crippen LogP contribution in [0.5, 0.6) is 0 Å². The van der Waals surface area contributed by atoms with E-state index in [4.69, 9.17) is 4.74 Å². The van der Waals surface area contributed by atoms with Crippen LogP contribution in [0.15, 0.2) is 48.5 Å². The molecule has 0 unspecified atom stereocenters. The summed E-state index contributed by atoms with van der Waals surface area (Å²) in [5, 5.41) is -0.105. The third kappa shape index (κ3) is 2.22. The van der Waals surface area contributed by atoms with Gasteiger partial charge in [0.15, 0.2) is 0 Å². The van der Waals surface area contributed by atoms with E-state index < -0.39 is 0 Å². The molecule has 0 aromatic heterocycles. The molecule has 2 aromatic rings. The van der Waals surface area contributed by atoms with Gasteiger partial charge in [-0.05, 0) is 22.3 Å².